The Balaban J connectivity index is 1.91. The number of halogens is 1. The number of benzodiazepines with no additional fused rings is 1. The van der Waals surface area contributed by atoms with Gasteiger partial charge in [0.1, 0.15) is 6.04 Å². The lowest BCUT2D eigenvalue weighted by atomic mass is 9.97. The summed E-state index contributed by atoms with van der Waals surface area (Å²) in [6.07, 6.45) is 0.872. The van der Waals surface area contributed by atoms with Crippen LogP contribution < -0.4 is 4.90 Å². The second-order valence-electron chi connectivity index (χ2n) is 8.25. The van der Waals surface area contributed by atoms with E-state index in [0.717, 1.165) is 34.5 Å². The number of hydrogen-bond donors (Lipinski definition) is 0. The second kappa shape index (κ2) is 9.07. The van der Waals surface area contributed by atoms with Gasteiger partial charge in [-0.1, -0.05) is 92.0 Å². The summed E-state index contributed by atoms with van der Waals surface area (Å²) in [4.78, 5) is 20.8. The molecule has 1 aliphatic heterocycles. The fraction of sp³-hybridized carbons (Fsp3) is 0.259. The van der Waals surface area contributed by atoms with Crippen molar-refractivity contribution in [1.29, 1.82) is 0 Å². The Kier molecular flexibility index (Phi) is 6.24. The zero-order valence-corrected chi connectivity index (χ0v) is 18.9. The number of rotatable bonds is 5. The van der Waals surface area contributed by atoms with Gasteiger partial charge in [-0.3, -0.25) is 9.79 Å². The summed E-state index contributed by atoms with van der Waals surface area (Å²) in [5.41, 5.74) is 5.83. The van der Waals surface area contributed by atoms with Crippen molar-refractivity contribution in [3.8, 4) is 0 Å². The number of aryl methyl sites for hydroxylation is 1. The number of anilines is 1. The van der Waals surface area contributed by atoms with E-state index in [9.17, 15) is 4.79 Å². The summed E-state index contributed by atoms with van der Waals surface area (Å²) < 4.78 is 0. The van der Waals surface area contributed by atoms with E-state index in [-0.39, 0.29) is 11.8 Å². The van der Waals surface area contributed by atoms with Gasteiger partial charge < -0.3 is 4.90 Å². The molecule has 3 nitrogen and oxygen atoms in total. The van der Waals surface area contributed by atoms with Crippen molar-refractivity contribution in [2.24, 2.45) is 10.9 Å². The minimum absolute atomic E-state index is 0.0327. The highest BCUT2D eigenvalue weighted by atomic mass is 35.5. The standard InChI is InChI=1S/C27H27ClN2O/c1-4-19(3)25-27(31)30(17-20-10-8-9-18(2)15-20)24-14-13-22(28)16-23(24)26(29-25)21-11-6-5-7-12-21/h5-16,19,25H,4,17H2,1-3H3. The van der Waals surface area contributed by atoms with Crippen molar-refractivity contribution >= 4 is 28.9 Å². The average molecular weight is 431 g/mol. The van der Waals surface area contributed by atoms with Crippen molar-refractivity contribution in [1.82, 2.24) is 0 Å². The summed E-state index contributed by atoms with van der Waals surface area (Å²) in [6.45, 7) is 6.78. The maximum Gasteiger partial charge on any atom is 0.252 e. The summed E-state index contributed by atoms with van der Waals surface area (Å²) in [5.74, 6) is 0.154. The first kappa shape index (κ1) is 21.3. The van der Waals surface area contributed by atoms with Crippen LogP contribution in [0.5, 0.6) is 0 Å². The van der Waals surface area contributed by atoms with Gasteiger partial charge in [0.05, 0.1) is 17.9 Å². The van der Waals surface area contributed by atoms with Crippen LogP contribution in [0, 0.1) is 12.8 Å². The molecule has 2 atom stereocenters. The first-order valence-electron chi connectivity index (χ1n) is 10.8. The van der Waals surface area contributed by atoms with Crippen LogP contribution in [0.15, 0.2) is 77.8 Å². The van der Waals surface area contributed by atoms with Crippen LogP contribution in [-0.4, -0.2) is 17.7 Å². The van der Waals surface area contributed by atoms with Crippen LogP contribution in [0.2, 0.25) is 5.02 Å². The van der Waals surface area contributed by atoms with E-state index in [1.807, 2.05) is 59.5 Å². The van der Waals surface area contributed by atoms with Crippen LogP contribution in [0.1, 0.15) is 42.5 Å². The summed E-state index contributed by atoms with van der Waals surface area (Å²) >= 11 is 6.42. The number of carbonyl (C=O) groups is 1. The molecular weight excluding hydrogens is 404 g/mol. The van der Waals surface area contributed by atoms with Crippen molar-refractivity contribution in [2.45, 2.75) is 39.8 Å². The molecule has 3 aromatic rings. The SMILES string of the molecule is CCC(C)C1N=C(c2ccccc2)c2cc(Cl)ccc2N(Cc2cccc(C)c2)C1=O. The Labute approximate surface area is 189 Å². The lowest BCUT2D eigenvalue weighted by Gasteiger charge is -2.27. The Hall–Kier alpha value is -2.91. The molecule has 0 aliphatic carbocycles. The molecule has 2 unspecified atom stereocenters. The van der Waals surface area contributed by atoms with Crippen molar-refractivity contribution in [3.63, 3.8) is 0 Å². The predicted molar refractivity (Wildman–Crippen MR) is 129 cm³/mol. The predicted octanol–water partition coefficient (Wildman–Crippen LogP) is 6.45. The van der Waals surface area contributed by atoms with E-state index in [0.29, 0.717) is 11.6 Å². The molecule has 0 bridgehead atoms. The number of benzene rings is 3. The molecule has 0 radical (unpaired) electrons. The highest BCUT2D eigenvalue weighted by Gasteiger charge is 2.34. The van der Waals surface area contributed by atoms with Crippen LogP contribution in [0.25, 0.3) is 0 Å². The van der Waals surface area contributed by atoms with E-state index >= 15 is 0 Å². The highest BCUT2D eigenvalue weighted by Crippen LogP contribution is 2.34. The zero-order chi connectivity index (χ0) is 22.0. The number of hydrogen-bond acceptors (Lipinski definition) is 2. The molecule has 0 aromatic heterocycles. The van der Waals surface area contributed by atoms with E-state index in [1.165, 1.54) is 5.56 Å². The molecule has 31 heavy (non-hydrogen) atoms. The van der Waals surface area contributed by atoms with Crippen molar-refractivity contribution in [3.05, 3.63) is 100 Å². The van der Waals surface area contributed by atoms with Crippen LogP contribution in [0.4, 0.5) is 5.69 Å². The molecule has 1 amide bonds. The molecule has 0 fully saturated rings. The zero-order valence-electron chi connectivity index (χ0n) is 18.2. The quantitative estimate of drug-likeness (QED) is 0.458. The summed E-state index contributed by atoms with van der Waals surface area (Å²) in [5, 5.41) is 0.632. The number of carbonyl (C=O) groups excluding carboxylic acids is 1. The Morgan fingerprint density at radius 3 is 2.52 bits per heavy atom. The van der Waals surface area contributed by atoms with Crippen LogP contribution >= 0.6 is 11.6 Å². The Bertz CT molecular complexity index is 1120. The second-order valence-corrected chi connectivity index (χ2v) is 8.69. The fourth-order valence-corrected chi connectivity index (χ4v) is 4.22. The monoisotopic (exact) mass is 430 g/mol. The first-order valence-corrected chi connectivity index (χ1v) is 11.2. The number of amides is 1. The molecule has 0 N–H and O–H groups in total. The van der Waals surface area contributed by atoms with Crippen molar-refractivity contribution < 1.29 is 4.79 Å². The molecule has 3 aromatic carbocycles. The third-order valence-electron chi connectivity index (χ3n) is 5.95. The number of fused-ring (bicyclic) bond motifs is 1. The Morgan fingerprint density at radius 1 is 1.03 bits per heavy atom. The number of nitrogens with zero attached hydrogens (tertiary/aromatic N) is 2. The normalized spacial score (nSPS) is 17.0. The van der Waals surface area contributed by atoms with Crippen LogP contribution in [-0.2, 0) is 11.3 Å². The number of aliphatic imine (C=N–C) groups is 1. The molecule has 0 saturated heterocycles. The lowest BCUT2D eigenvalue weighted by Crippen LogP contribution is -2.40. The molecule has 0 saturated carbocycles. The van der Waals surface area contributed by atoms with E-state index in [2.05, 4.69) is 39.0 Å². The topological polar surface area (TPSA) is 32.7 Å². The first-order chi connectivity index (χ1) is 15.0. The van der Waals surface area contributed by atoms with Gasteiger partial charge in [-0.2, -0.15) is 0 Å². The summed E-state index contributed by atoms with van der Waals surface area (Å²) in [7, 11) is 0. The van der Waals surface area contributed by atoms with Gasteiger partial charge in [0.25, 0.3) is 5.91 Å². The highest BCUT2D eigenvalue weighted by molar-refractivity contribution is 6.32. The largest absolute Gasteiger partial charge is 0.305 e. The molecule has 1 aliphatic rings. The van der Waals surface area contributed by atoms with Gasteiger partial charge in [0.2, 0.25) is 0 Å². The molecular formula is C27H27ClN2O. The van der Waals surface area contributed by atoms with Gasteiger partial charge in [0, 0.05) is 16.1 Å². The molecule has 158 valence electrons. The summed E-state index contributed by atoms with van der Waals surface area (Å²) in [6, 6.07) is 23.6. The van der Waals surface area contributed by atoms with Gasteiger partial charge in [0.15, 0.2) is 0 Å². The van der Waals surface area contributed by atoms with E-state index in [1.54, 1.807) is 0 Å². The molecule has 4 rings (SSSR count). The third-order valence-corrected chi connectivity index (χ3v) is 6.18. The van der Waals surface area contributed by atoms with E-state index < -0.39 is 6.04 Å². The lowest BCUT2D eigenvalue weighted by molar-refractivity contribution is -0.120. The smallest absolute Gasteiger partial charge is 0.252 e. The molecule has 1 heterocycles. The molecule has 4 heteroatoms. The van der Waals surface area contributed by atoms with Gasteiger partial charge in [-0.25, -0.2) is 0 Å². The van der Waals surface area contributed by atoms with Crippen LogP contribution in [0.3, 0.4) is 0 Å². The van der Waals surface area contributed by atoms with Gasteiger partial charge in [-0.05, 0) is 36.6 Å². The third kappa shape index (κ3) is 4.42. The molecule has 0 spiro atoms. The average Bonchev–Trinajstić information content (AvgIpc) is 2.89. The minimum Gasteiger partial charge on any atom is -0.305 e. The fourth-order valence-electron chi connectivity index (χ4n) is 4.05. The minimum atomic E-state index is -0.448. The maximum atomic E-state index is 13.8. The van der Waals surface area contributed by atoms with Gasteiger partial charge >= 0.3 is 0 Å². The van der Waals surface area contributed by atoms with Gasteiger partial charge in [-0.15, -0.1) is 0 Å². The maximum absolute atomic E-state index is 13.8. The Morgan fingerprint density at radius 2 is 1.81 bits per heavy atom. The van der Waals surface area contributed by atoms with E-state index in [4.69, 9.17) is 16.6 Å². The van der Waals surface area contributed by atoms with Crippen molar-refractivity contribution in [2.75, 3.05) is 4.90 Å².